The summed E-state index contributed by atoms with van der Waals surface area (Å²) < 4.78 is 34.3. The Balaban J connectivity index is 3.33. The van der Waals surface area contributed by atoms with E-state index in [0.717, 1.165) is 10.6 Å². The standard InChI is InChI=1S/C12H16ClNO5S/c1-8(12(15)19-3)14(20(4,16)17)9-5-6-11(18-2)10(13)7-9/h5-8H,1-4H3. The summed E-state index contributed by atoms with van der Waals surface area (Å²) in [4.78, 5) is 11.6. The van der Waals surface area contributed by atoms with E-state index in [4.69, 9.17) is 16.3 Å². The fourth-order valence-electron chi connectivity index (χ4n) is 1.76. The summed E-state index contributed by atoms with van der Waals surface area (Å²) in [6.45, 7) is 1.44. The molecule has 0 aliphatic rings. The minimum Gasteiger partial charge on any atom is -0.495 e. The molecule has 1 unspecified atom stereocenters. The predicted octanol–water partition coefficient (Wildman–Crippen LogP) is 1.68. The Bertz CT molecular complexity index is 602. The zero-order valence-corrected chi connectivity index (χ0v) is 13.2. The lowest BCUT2D eigenvalue weighted by molar-refractivity contribution is -0.141. The molecule has 0 fully saturated rings. The van der Waals surface area contributed by atoms with Crippen LogP contribution in [0.5, 0.6) is 5.75 Å². The van der Waals surface area contributed by atoms with E-state index < -0.39 is 22.0 Å². The molecular formula is C12H16ClNO5S. The van der Waals surface area contributed by atoms with Gasteiger partial charge in [-0.2, -0.15) is 0 Å². The number of carbonyl (C=O) groups excluding carboxylic acids is 1. The number of methoxy groups -OCH3 is 2. The second-order valence-electron chi connectivity index (χ2n) is 4.08. The van der Waals surface area contributed by atoms with Gasteiger partial charge in [-0.05, 0) is 25.1 Å². The minimum absolute atomic E-state index is 0.246. The van der Waals surface area contributed by atoms with Crippen LogP contribution in [0.25, 0.3) is 0 Å². The Morgan fingerprint density at radius 1 is 1.35 bits per heavy atom. The second-order valence-corrected chi connectivity index (χ2v) is 6.34. The van der Waals surface area contributed by atoms with Crippen molar-refractivity contribution in [1.29, 1.82) is 0 Å². The van der Waals surface area contributed by atoms with Crippen molar-refractivity contribution in [2.45, 2.75) is 13.0 Å². The molecule has 1 atom stereocenters. The number of benzene rings is 1. The first kappa shape index (κ1) is 16.6. The van der Waals surface area contributed by atoms with Crippen LogP contribution in [-0.2, 0) is 19.6 Å². The third-order valence-electron chi connectivity index (χ3n) is 2.64. The molecule has 20 heavy (non-hydrogen) atoms. The molecule has 1 aromatic rings. The summed E-state index contributed by atoms with van der Waals surface area (Å²) in [6.07, 6.45) is 1.00. The van der Waals surface area contributed by atoms with Crippen LogP contribution < -0.4 is 9.04 Å². The van der Waals surface area contributed by atoms with Crippen LogP contribution in [0.1, 0.15) is 6.92 Å². The number of sulfonamides is 1. The lowest BCUT2D eigenvalue weighted by atomic mass is 10.2. The van der Waals surface area contributed by atoms with E-state index in [1.165, 1.54) is 39.3 Å². The number of carbonyl (C=O) groups is 1. The van der Waals surface area contributed by atoms with Crippen LogP contribution in [-0.4, -0.2) is 40.9 Å². The monoisotopic (exact) mass is 321 g/mol. The molecule has 0 saturated heterocycles. The zero-order valence-electron chi connectivity index (χ0n) is 11.6. The molecule has 0 bridgehead atoms. The molecule has 0 amide bonds. The van der Waals surface area contributed by atoms with E-state index in [0.29, 0.717) is 5.75 Å². The maximum Gasteiger partial charge on any atom is 0.329 e. The van der Waals surface area contributed by atoms with E-state index in [1.54, 1.807) is 0 Å². The molecule has 1 aromatic carbocycles. The second kappa shape index (κ2) is 6.32. The maximum atomic E-state index is 11.9. The molecule has 0 spiro atoms. The lowest BCUT2D eigenvalue weighted by Gasteiger charge is -2.27. The smallest absolute Gasteiger partial charge is 0.329 e. The molecule has 0 aromatic heterocycles. The third kappa shape index (κ3) is 3.55. The number of rotatable bonds is 5. The highest BCUT2D eigenvalue weighted by molar-refractivity contribution is 7.92. The highest BCUT2D eigenvalue weighted by atomic mass is 35.5. The van der Waals surface area contributed by atoms with Gasteiger partial charge in [0.15, 0.2) is 0 Å². The first-order chi connectivity index (χ1) is 9.22. The van der Waals surface area contributed by atoms with E-state index in [-0.39, 0.29) is 10.7 Å². The van der Waals surface area contributed by atoms with Gasteiger partial charge in [-0.15, -0.1) is 0 Å². The molecule has 1 rings (SSSR count). The average molecular weight is 322 g/mol. The number of esters is 1. The summed E-state index contributed by atoms with van der Waals surface area (Å²) in [7, 11) is -1.03. The molecule has 0 N–H and O–H groups in total. The lowest BCUT2D eigenvalue weighted by Crippen LogP contribution is -2.43. The molecule has 0 saturated carbocycles. The van der Waals surface area contributed by atoms with Gasteiger partial charge in [-0.3, -0.25) is 4.31 Å². The summed E-state index contributed by atoms with van der Waals surface area (Å²) in [5.74, 6) is -0.253. The van der Waals surface area contributed by atoms with E-state index >= 15 is 0 Å². The predicted molar refractivity (Wildman–Crippen MR) is 76.8 cm³/mol. The van der Waals surface area contributed by atoms with E-state index in [2.05, 4.69) is 4.74 Å². The zero-order chi connectivity index (χ0) is 15.5. The number of halogens is 1. The summed E-state index contributed by atoms with van der Waals surface area (Å²) in [5, 5.41) is 0.246. The number of anilines is 1. The highest BCUT2D eigenvalue weighted by Crippen LogP contribution is 2.31. The molecular weight excluding hydrogens is 306 g/mol. The van der Waals surface area contributed by atoms with Crippen molar-refractivity contribution in [2.75, 3.05) is 24.8 Å². The molecule has 6 nitrogen and oxygen atoms in total. The first-order valence-corrected chi connectivity index (χ1v) is 7.85. The van der Waals surface area contributed by atoms with Gasteiger partial charge in [-0.1, -0.05) is 11.6 Å². The number of hydrogen-bond acceptors (Lipinski definition) is 5. The van der Waals surface area contributed by atoms with Crippen molar-refractivity contribution >= 4 is 33.3 Å². The van der Waals surface area contributed by atoms with Gasteiger partial charge in [0.25, 0.3) is 0 Å². The number of nitrogens with zero attached hydrogens (tertiary/aromatic N) is 1. The van der Waals surface area contributed by atoms with Gasteiger partial charge in [0.1, 0.15) is 11.8 Å². The Hall–Kier alpha value is -1.47. The van der Waals surface area contributed by atoms with Crippen molar-refractivity contribution in [3.05, 3.63) is 23.2 Å². The van der Waals surface area contributed by atoms with Crippen molar-refractivity contribution in [3.8, 4) is 5.75 Å². The van der Waals surface area contributed by atoms with Crippen molar-refractivity contribution in [3.63, 3.8) is 0 Å². The quantitative estimate of drug-likeness (QED) is 0.771. The van der Waals surface area contributed by atoms with Gasteiger partial charge in [0.2, 0.25) is 10.0 Å². The Morgan fingerprint density at radius 2 is 1.95 bits per heavy atom. The van der Waals surface area contributed by atoms with Crippen LogP contribution >= 0.6 is 11.6 Å². The molecule has 112 valence electrons. The van der Waals surface area contributed by atoms with Gasteiger partial charge in [0, 0.05) is 0 Å². The molecule has 8 heteroatoms. The fourth-order valence-corrected chi connectivity index (χ4v) is 3.17. The molecule has 0 heterocycles. The fraction of sp³-hybridized carbons (Fsp3) is 0.417. The average Bonchev–Trinajstić information content (AvgIpc) is 2.36. The minimum atomic E-state index is -3.68. The Morgan fingerprint density at radius 3 is 2.35 bits per heavy atom. The summed E-state index contributed by atoms with van der Waals surface area (Å²) in [5.41, 5.74) is 0.260. The van der Waals surface area contributed by atoms with Gasteiger partial charge >= 0.3 is 5.97 Å². The van der Waals surface area contributed by atoms with Crippen LogP contribution in [0.3, 0.4) is 0 Å². The van der Waals surface area contributed by atoms with Crippen LogP contribution in [0.2, 0.25) is 5.02 Å². The number of hydrogen-bond donors (Lipinski definition) is 0. The Labute approximate surface area is 123 Å². The van der Waals surface area contributed by atoms with Crippen LogP contribution in [0, 0.1) is 0 Å². The normalized spacial score (nSPS) is 12.7. The van der Waals surface area contributed by atoms with Gasteiger partial charge < -0.3 is 9.47 Å². The van der Waals surface area contributed by atoms with Crippen molar-refractivity contribution in [1.82, 2.24) is 0 Å². The van der Waals surface area contributed by atoms with E-state index in [1.807, 2.05) is 0 Å². The Kier molecular flexibility index (Phi) is 5.24. The van der Waals surface area contributed by atoms with Crippen LogP contribution in [0.15, 0.2) is 18.2 Å². The highest BCUT2D eigenvalue weighted by Gasteiger charge is 2.30. The molecule has 0 aliphatic heterocycles. The SMILES string of the molecule is COC(=O)C(C)N(c1ccc(OC)c(Cl)c1)S(C)(=O)=O. The largest absolute Gasteiger partial charge is 0.495 e. The summed E-state index contributed by atoms with van der Waals surface area (Å²) in [6, 6.07) is 3.45. The van der Waals surface area contributed by atoms with E-state index in [9.17, 15) is 13.2 Å². The van der Waals surface area contributed by atoms with Gasteiger partial charge in [0.05, 0.1) is 31.2 Å². The molecule has 0 radical (unpaired) electrons. The van der Waals surface area contributed by atoms with Crippen molar-refractivity contribution in [2.24, 2.45) is 0 Å². The maximum absolute atomic E-state index is 11.9. The third-order valence-corrected chi connectivity index (χ3v) is 4.18. The topological polar surface area (TPSA) is 72.9 Å². The van der Waals surface area contributed by atoms with Gasteiger partial charge in [-0.25, -0.2) is 13.2 Å². The van der Waals surface area contributed by atoms with Crippen molar-refractivity contribution < 1.29 is 22.7 Å². The van der Waals surface area contributed by atoms with Crippen LogP contribution in [0.4, 0.5) is 5.69 Å². The number of ether oxygens (including phenoxy) is 2. The molecule has 0 aliphatic carbocycles. The first-order valence-electron chi connectivity index (χ1n) is 5.63. The summed E-state index contributed by atoms with van der Waals surface area (Å²) >= 11 is 5.98.